The second-order valence-corrected chi connectivity index (χ2v) is 15.2. The van der Waals surface area contributed by atoms with E-state index in [4.69, 9.17) is 37.6 Å². The Bertz CT molecular complexity index is 2220. The predicted molar refractivity (Wildman–Crippen MR) is 210 cm³/mol. The molecule has 1 aromatic heterocycles. The van der Waals surface area contributed by atoms with Crippen LogP contribution in [-0.4, -0.2) is 167 Å². The molecule has 63 heavy (non-hydrogen) atoms. The molecule has 0 unspecified atom stereocenters. The number of carbonyl (C=O) groups is 1. The number of aromatic hydroxyl groups is 3. The first-order chi connectivity index (χ1) is 30.0. The summed E-state index contributed by atoms with van der Waals surface area (Å²) in [6, 6.07) is 15.1. The third-order valence-electron chi connectivity index (χ3n) is 10.8. The molecule has 4 aromatic rings. The minimum absolute atomic E-state index is 0.0333. The van der Waals surface area contributed by atoms with Crippen LogP contribution in [0.15, 0.2) is 77.2 Å². The Morgan fingerprint density at radius 2 is 1.33 bits per heavy atom. The number of ether oxygens (including phenoxy) is 7. The Morgan fingerprint density at radius 1 is 0.683 bits per heavy atom. The third-order valence-corrected chi connectivity index (χ3v) is 10.8. The second kappa shape index (κ2) is 19.2. The molecule has 4 heterocycles. The minimum Gasteiger partial charge on any atom is -0.508 e. The van der Waals surface area contributed by atoms with E-state index in [9.17, 15) is 66.1 Å². The molecule has 0 radical (unpaired) electrons. The molecule has 0 amide bonds. The lowest BCUT2D eigenvalue weighted by molar-refractivity contribution is -0.319. The van der Waals surface area contributed by atoms with Crippen molar-refractivity contribution in [2.24, 2.45) is 5.92 Å². The van der Waals surface area contributed by atoms with Crippen molar-refractivity contribution in [1.82, 2.24) is 0 Å². The number of esters is 1. The molecular formula is C42H47O21+. The van der Waals surface area contributed by atoms with Crippen LogP contribution in [0.25, 0.3) is 28.4 Å². The van der Waals surface area contributed by atoms with Crippen molar-refractivity contribution in [1.29, 1.82) is 0 Å². The molecule has 0 spiro atoms. The molecule has 12 N–H and O–H groups in total. The maximum absolute atomic E-state index is 12.6. The van der Waals surface area contributed by atoms with E-state index in [2.05, 4.69) is 0 Å². The molecule has 0 aliphatic carbocycles. The zero-order valence-electron chi connectivity index (χ0n) is 33.1. The zero-order chi connectivity index (χ0) is 45.3. The molecule has 3 aliphatic rings. The summed E-state index contributed by atoms with van der Waals surface area (Å²) in [5.41, 5.74) is 0.810. The van der Waals surface area contributed by atoms with Gasteiger partial charge in [0.2, 0.25) is 18.3 Å². The molecule has 3 fully saturated rings. The first kappa shape index (κ1) is 45.8. The van der Waals surface area contributed by atoms with Crippen molar-refractivity contribution in [2.45, 2.75) is 93.1 Å². The summed E-state index contributed by atoms with van der Waals surface area (Å²) in [6.45, 7) is 0.0658. The fourth-order valence-corrected chi connectivity index (χ4v) is 7.20. The van der Waals surface area contributed by atoms with Gasteiger partial charge in [-0.2, -0.15) is 0 Å². The molecule has 340 valence electrons. The van der Waals surface area contributed by atoms with Gasteiger partial charge in [0, 0.05) is 18.2 Å². The Kier molecular flexibility index (Phi) is 14.0. The Labute approximate surface area is 356 Å². The highest BCUT2D eigenvalue weighted by molar-refractivity contribution is 5.89. The predicted octanol–water partition coefficient (Wildman–Crippen LogP) is -0.824. The van der Waals surface area contributed by atoms with Gasteiger partial charge in [0.25, 0.3) is 0 Å². The van der Waals surface area contributed by atoms with Crippen LogP contribution in [0, 0.1) is 5.92 Å². The van der Waals surface area contributed by atoms with E-state index in [0.717, 1.165) is 12.1 Å². The Morgan fingerprint density at radius 3 is 2.02 bits per heavy atom. The molecule has 3 aromatic carbocycles. The van der Waals surface area contributed by atoms with Crippen molar-refractivity contribution in [3.05, 3.63) is 78.4 Å². The average molecular weight is 888 g/mol. The highest BCUT2D eigenvalue weighted by Gasteiger charge is 2.49. The zero-order valence-corrected chi connectivity index (χ0v) is 33.1. The van der Waals surface area contributed by atoms with Gasteiger partial charge in [-0.3, -0.25) is 0 Å². The monoisotopic (exact) mass is 887 g/mol. The van der Waals surface area contributed by atoms with E-state index < -0.39 is 111 Å². The summed E-state index contributed by atoms with van der Waals surface area (Å²) in [5.74, 6) is -3.10. The van der Waals surface area contributed by atoms with E-state index in [1.54, 1.807) is 12.1 Å². The lowest BCUT2D eigenvalue weighted by atomic mass is 9.94. The van der Waals surface area contributed by atoms with Gasteiger partial charge in [0.1, 0.15) is 71.1 Å². The van der Waals surface area contributed by atoms with Crippen LogP contribution in [-0.2, 0) is 28.5 Å². The van der Waals surface area contributed by atoms with Gasteiger partial charge in [-0.25, -0.2) is 9.21 Å². The number of phenolic OH excluding ortho intramolecular Hbond substituents is 3. The fourth-order valence-electron chi connectivity index (χ4n) is 7.20. The van der Waals surface area contributed by atoms with Crippen LogP contribution < -0.4 is 9.47 Å². The number of hydrogen-bond acceptors (Lipinski definition) is 20. The largest absolute Gasteiger partial charge is 0.508 e. The van der Waals surface area contributed by atoms with Crippen molar-refractivity contribution in [3.8, 4) is 40.1 Å². The second-order valence-electron chi connectivity index (χ2n) is 15.2. The van der Waals surface area contributed by atoms with Gasteiger partial charge in [-0.05, 0) is 55.0 Å². The summed E-state index contributed by atoms with van der Waals surface area (Å²) >= 11 is 0. The molecule has 21 nitrogen and oxygen atoms in total. The third kappa shape index (κ3) is 9.95. The van der Waals surface area contributed by atoms with Crippen LogP contribution >= 0.6 is 0 Å². The van der Waals surface area contributed by atoms with Crippen molar-refractivity contribution >= 4 is 23.0 Å². The van der Waals surface area contributed by atoms with Crippen molar-refractivity contribution in [3.63, 3.8) is 0 Å². The van der Waals surface area contributed by atoms with Gasteiger partial charge in [-0.15, -0.1) is 0 Å². The molecular weight excluding hydrogens is 840 g/mol. The highest BCUT2D eigenvalue weighted by atomic mass is 16.7. The molecule has 3 aliphatic heterocycles. The van der Waals surface area contributed by atoms with E-state index in [1.165, 1.54) is 61.5 Å². The van der Waals surface area contributed by atoms with Gasteiger partial charge < -0.3 is 94.4 Å². The first-order valence-corrected chi connectivity index (χ1v) is 19.6. The summed E-state index contributed by atoms with van der Waals surface area (Å²) in [4.78, 5) is 12.6. The van der Waals surface area contributed by atoms with E-state index in [-0.39, 0.29) is 51.0 Å². The standard InChI is InChI=1S/C42H46O21/c1-17-37(62-29(47)11-4-18-2-7-20(44)8-3-18)33(51)36(54)41(57-17)56-16-28-31(49)32(50)35(53)42(61-28)60-27-14-23-25(58-38(27)19-5-9-21(45)10-6-19)12-22(46)13-26(23)59-40-24(15-43)30(48)34(52)39(55)63-40/h2-14,17,24,28,30-37,39-43,48-55H,15-16H2,1H3,(H2-,44,45,46,47)/p+1/t17-,24-,28-,30-,31-,32+,33-,34+,35-,36+,37-,39+,40+,41+,42-/m0/s1. The molecule has 15 atom stereocenters. The van der Waals surface area contributed by atoms with E-state index in [1.807, 2.05) is 0 Å². The first-order valence-electron chi connectivity index (χ1n) is 19.6. The van der Waals surface area contributed by atoms with Crippen LogP contribution in [0.3, 0.4) is 0 Å². The summed E-state index contributed by atoms with van der Waals surface area (Å²) < 4.78 is 46.1. The van der Waals surface area contributed by atoms with Gasteiger partial charge in [0.15, 0.2) is 18.7 Å². The van der Waals surface area contributed by atoms with Crippen LogP contribution in [0.2, 0.25) is 0 Å². The number of aliphatic hydroxyl groups is 9. The fraction of sp³-hybridized carbons (Fsp3) is 0.429. The van der Waals surface area contributed by atoms with Crippen LogP contribution in [0.1, 0.15) is 12.5 Å². The van der Waals surface area contributed by atoms with Gasteiger partial charge in [0.05, 0.1) is 43.0 Å². The number of fused-ring (bicyclic) bond motifs is 1. The number of phenols is 3. The normalized spacial score (nSPS) is 33.6. The molecule has 0 saturated carbocycles. The number of aliphatic hydroxyl groups excluding tert-OH is 9. The summed E-state index contributed by atoms with van der Waals surface area (Å²) in [7, 11) is 0. The van der Waals surface area contributed by atoms with Gasteiger partial charge in [-0.1, -0.05) is 12.1 Å². The van der Waals surface area contributed by atoms with E-state index in [0.29, 0.717) is 5.56 Å². The van der Waals surface area contributed by atoms with Crippen LogP contribution in [0.5, 0.6) is 28.7 Å². The highest BCUT2D eigenvalue weighted by Crippen LogP contribution is 2.42. The summed E-state index contributed by atoms with van der Waals surface area (Å²) in [6.07, 6.45) is -20.9. The smallest absolute Gasteiger partial charge is 0.402 e. The summed E-state index contributed by atoms with van der Waals surface area (Å²) in [5, 5.41) is 126. The molecule has 0 bridgehead atoms. The minimum atomic E-state index is -1.93. The van der Waals surface area contributed by atoms with Gasteiger partial charge >= 0.3 is 17.3 Å². The van der Waals surface area contributed by atoms with E-state index >= 15 is 0 Å². The molecule has 7 rings (SSSR count). The maximum Gasteiger partial charge on any atom is 0.402 e. The van der Waals surface area contributed by atoms with Crippen molar-refractivity contribution < 1.29 is 104 Å². The lowest BCUT2D eigenvalue weighted by Gasteiger charge is -2.42. The molecule has 3 saturated heterocycles. The quantitative estimate of drug-likeness (QED) is 0.0469. The molecule has 21 heteroatoms. The number of carbonyl (C=O) groups excluding carboxylic acids is 1. The number of rotatable bonds is 12. The topological polar surface area (TPSA) is 336 Å². The number of hydrogen-bond donors (Lipinski definition) is 12. The number of benzene rings is 3. The van der Waals surface area contributed by atoms with Crippen molar-refractivity contribution in [2.75, 3.05) is 13.2 Å². The average Bonchev–Trinajstić information content (AvgIpc) is 3.25. The van der Waals surface area contributed by atoms with Crippen LogP contribution in [0.4, 0.5) is 0 Å². The maximum atomic E-state index is 12.6. The SMILES string of the molecule is C[C@@H]1O[C@@H](OC[C@@H]2O[C@H](Oc3cc4c(O[C@@H]5O[C@@H](O)[C@H](O)[C@@H](O)[C@@H]5CO)cc(O)cc4[o+]c3-c3ccc(O)cc3)[C@@H](O)[C@H](O)[C@H]2O)[C@H](O)[C@H](O)[C@H]1OC(=O)/C=C/c1ccc(O)cc1. The lowest BCUT2D eigenvalue weighted by Crippen LogP contribution is -2.62. The Balaban J connectivity index is 1.09. The Hall–Kier alpha value is -5.24.